The minimum absolute atomic E-state index is 0.260. The maximum Gasteiger partial charge on any atom is 0.0435 e. The second-order valence-corrected chi connectivity index (χ2v) is 18.0. The van der Waals surface area contributed by atoms with Crippen LogP contribution in [0.3, 0.4) is 0 Å². The number of rotatable bonds is 6. The molecule has 1 aliphatic rings. The lowest BCUT2D eigenvalue weighted by Gasteiger charge is -2.28. The highest BCUT2D eigenvalue weighted by Crippen LogP contribution is 2.54. The second kappa shape index (κ2) is 15.2. The smallest absolute Gasteiger partial charge is 0.0435 e. The van der Waals surface area contributed by atoms with Crippen molar-refractivity contribution in [3.8, 4) is 66.8 Å². The summed E-state index contributed by atoms with van der Waals surface area (Å²) in [4.78, 5) is 0. The topological polar surface area (TPSA) is 0 Å². The van der Waals surface area contributed by atoms with Gasteiger partial charge in [0.25, 0.3) is 0 Å². The number of fused-ring (bicyclic) bond motifs is 8. The molecule has 12 aromatic rings. The predicted molar refractivity (Wildman–Crippen MR) is 281 cm³/mol. The van der Waals surface area contributed by atoms with Gasteiger partial charge in [-0.3, -0.25) is 0 Å². The van der Waals surface area contributed by atoms with Crippen LogP contribution in [-0.2, 0) is 5.41 Å². The summed E-state index contributed by atoms with van der Waals surface area (Å²) in [6.45, 7) is 2.40. The Balaban J connectivity index is 1.04. The van der Waals surface area contributed by atoms with Crippen LogP contribution in [0.2, 0.25) is 0 Å². The van der Waals surface area contributed by atoms with Crippen molar-refractivity contribution in [2.24, 2.45) is 0 Å². The van der Waals surface area contributed by atoms with Crippen LogP contribution in [0.1, 0.15) is 23.6 Å². The van der Waals surface area contributed by atoms with Gasteiger partial charge in [0.1, 0.15) is 0 Å². The van der Waals surface area contributed by atoms with Gasteiger partial charge in [0.15, 0.2) is 0 Å². The fraction of sp³-hybridized carbons (Fsp3) is 0.0303. The normalized spacial score (nSPS) is 14.2. The van der Waals surface area contributed by atoms with Crippen LogP contribution in [0.15, 0.2) is 249 Å². The van der Waals surface area contributed by atoms with Gasteiger partial charge in [-0.05, 0) is 158 Å². The summed E-state index contributed by atoms with van der Waals surface area (Å²) in [5.41, 5.74) is 18.7. The molecule has 1 aliphatic carbocycles. The molecule has 0 saturated heterocycles. The van der Waals surface area contributed by atoms with Crippen molar-refractivity contribution >= 4 is 43.1 Å². The SMILES string of the molecule is CC1(c2ccccc2)c2ccccc2-c2cc3ccc(-c4ccc(-c5c6ccccc6c(-c6ccccc6-c6ccccc6)c6c5ccc5ccccc56)cc4-c4ccccc4)cc3cc21. The van der Waals surface area contributed by atoms with Gasteiger partial charge in [0, 0.05) is 5.41 Å². The lowest BCUT2D eigenvalue weighted by Crippen LogP contribution is -2.22. The zero-order valence-corrected chi connectivity index (χ0v) is 36.7. The zero-order valence-electron chi connectivity index (χ0n) is 36.7. The molecule has 0 heteroatoms. The minimum Gasteiger partial charge on any atom is -0.0622 e. The Kier molecular flexibility index (Phi) is 8.76. The molecule has 0 saturated carbocycles. The van der Waals surface area contributed by atoms with Gasteiger partial charge in [-0.25, -0.2) is 0 Å². The van der Waals surface area contributed by atoms with E-state index in [0.29, 0.717) is 0 Å². The van der Waals surface area contributed by atoms with E-state index in [9.17, 15) is 0 Å². The van der Waals surface area contributed by atoms with Crippen molar-refractivity contribution < 1.29 is 0 Å². The molecule has 0 bridgehead atoms. The number of benzene rings is 12. The Morgan fingerprint density at radius 3 is 1.58 bits per heavy atom. The van der Waals surface area contributed by atoms with Crippen LogP contribution in [0.5, 0.6) is 0 Å². The Morgan fingerprint density at radius 1 is 0.258 bits per heavy atom. The molecule has 12 aromatic carbocycles. The summed E-state index contributed by atoms with van der Waals surface area (Å²) < 4.78 is 0. The van der Waals surface area contributed by atoms with Gasteiger partial charge in [-0.2, -0.15) is 0 Å². The van der Waals surface area contributed by atoms with E-state index in [1.165, 1.54) is 127 Å². The van der Waals surface area contributed by atoms with Crippen LogP contribution >= 0.6 is 0 Å². The molecule has 0 aromatic heterocycles. The van der Waals surface area contributed by atoms with Gasteiger partial charge in [-0.1, -0.05) is 224 Å². The summed E-state index contributed by atoms with van der Waals surface area (Å²) >= 11 is 0. The van der Waals surface area contributed by atoms with Crippen molar-refractivity contribution in [2.45, 2.75) is 12.3 Å². The molecule has 1 unspecified atom stereocenters. The molecule has 1 atom stereocenters. The standard InChI is InChI=1S/C66H44/c1-66(50-24-9-4-10-25-50)61-32-18-17-28-54(61)60-40-46-33-34-47(39-49(46)42-62(60)66)52-37-36-48(41-59(52)44-21-7-3-8-22-44)63-56-30-15-16-31-57(56)65(64-53-27-12-11-23-45(53)35-38-58(63)64)55-29-14-13-26-51(55)43-19-5-2-6-20-43/h2-42H,1H3. The monoisotopic (exact) mass is 836 g/mol. The molecule has 0 N–H and O–H groups in total. The van der Waals surface area contributed by atoms with Crippen molar-refractivity contribution in [2.75, 3.05) is 0 Å². The van der Waals surface area contributed by atoms with E-state index in [4.69, 9.17) is 0 Å². The fourth-order valence-corrected chi connectivity index (χ4v) is 11.4. The maximum atomic E-state index is 2.47. The fourth-order valence-electron chi connectivity index (χ4n) is 11.4. The largest absolute Gasteiger partial charge is 0.0622 e. The highest BCUT2D eigenvalue weighted by molar-refractivity contribution is 6.28. The Morgan fingerprint density at radius 2 is 0.818 bits per heavy atom. The van der Waals surface area contributed by atoms with Crippen LogP contribution in [-0.4, -0.2) is 0 Å². The first-order valence-electron chi connectivity index (χ1n) is 23.1. The average Bonchev–Trinajstić information content (AvgIpc) is 3.64. The van der Waals surface area contributed by atoms with Crippen molar-refractivity contribution in [1.29, 1.82) is 0 Å². The summed E-state index contributed by atoms with van der Waals surface area (Å²) in [6, 6.07) is 92.5. The Hall–Kier alpha value is -8.32. The van der Waals surface area contributed by atoms with E-state index in [0.717, 1.165) is 0 Å². The third-order valence-electron chi connectivity index (χ3n) is 14.5. The molecule has 0 aliphatic heterocycles. The molecule has 0 spiro atoms. The molecule has 66 heavy (non-hydrogen) atoms. The quantitative estimate of drug-likeness (QED) is 0.116. The summed E-state index contributed by atoms with van der Waals surface area (Å²) in [7, 11) is 0. The molecular formula is C66H44. The number of hydrogen-bond donors (Lipinski definition) is 0. The van der Waals surface area contributed by atoms with Crippen LogP contribution in [0.25, 0.3) is 110 Å². The Labute approximate surface area is 385 Å². The summed E-state index contributed by atoms with van der Waals surface area (Å²) in [5.74, 6) is 0. The van der Waals surface area contributed by atoms with E-state index >= 15 is 0 Å². The van der Waals surface area contributed by atoms with Gasteiger partial charge in [0.05, 0.1) is 0 Å². The van der Waals surface area contributed by atoms with E-state index < -0.39 is 0 Å². The summed E-state index contributed by atoms with van der Waals surface area (Å²) in [5, 5.41) is 10.0. The molecule has 0 radical (unpaired) electrons. The van der Waals surface area contributed by atoms with E-state index in [1.54, 1.807) is 0 Å². The van der Waals surface area contributed by atoms with Gasteiger partial charge < -0.3 is 0 Å². The Bertz CT molecular complexity index is 3860. The third kappa shape index (κ3) is 5.85. The second-order valence-electron chi connectivity index (χ2n) is 18.0. The lowest BCUT2D eigenvalue weighted by molar-refractivity contribution is 0.715. The van der Waals surface area contributed by atoms with Crippen molar-refractivity contribution in [1.82, 2.24) is 0 Å². The molecule has 0 fully saturated rings. The van der Waals surface area contributed by atoms with Gasteiger partial charge >= 0.3 is 0 Å². The van der Waals surface area contributed by atoms with Crippen LogP contribution in [0.4, 0.5) is 0 Å². The molecule has 0 amide bonds. The van der Waals surface area contributed by atoms with Crippen LogP contribution < -0.4 is 0 Å². The van der Waals surface area contributed by atoms with E-state index in [1.807, 2.05) is 0 Å². The van der Waals surface area contributed by atoms with Crippen molar-refractivity contribution in [3.05, 3.63) is 265 Å². The highest BCUT2D eigenvalue weighted by atomic mass is 14.4. The first-order valence-corrected chi connectivity index (χ1v) is 23.1. The van der Waals surface area contributed by atoms with Gasteiger partial charge in [0.2, 0.25) is 0 Å². The molecule has 0 heterocycles. The highest BCUT2D eigenvalue weighted by Gasteiger charge is 2.40. The van der Waals surface area contributed by atoms with Crippen LogP contribution in [0, 0.1) is 0 Å². The molecular weight excluding hydrogens is 793 g/mol. The first kappa shape index (κ1) is 38.2. The molecule has 308 valence electrons. The van der Waals surface area contributed by atoms with Crippen molar-refractivity contribution in [3.63, 3.8) is 0 Å². The average molecular weight is 837 g/mol. The van der Waals surface area contributed by atoms with Gasteiger partial charge in [-0.15, -0.1) is 0 Å². The predicted octanol–water partition coefficient (Wildman–Crippen LogP) is 18.0. The summed E-state index contributed by atoms with van der Waals surface area (Å²) in [6.07, 6.45) is 0. The first-order chi connectivity index (χ1) is 32.6. The molecule has 13 rings (SSSR count). The molecule has 0 nitrogen and oxygen atoms in total. The van der Waals surface area contributed by atoms with E-state index in [2.05, 4.69) is 256 Å². The number of hydrogen-bond acceptors (Lipinski definition) is 0. The third-order valence-corrected chi connectivity index (χ3v) is 14.5. The minimum atomic E-state index is -0.260. The maximum absolute atomic E-state index is 2.47. The zero-order chi connectivity index (χ0) is 43.8. The van der Waals surface area contributed by atoms with E-state index in [-0.39, 0.29) is 5.41 Å². The lowest BCUT2D eigenvalue weighted by atomic mass is 9.74.